The van der Waals surface area contributed by atoms with Crippen LogP contribution in [0.15, 0.2) is 0 Å². The fraction of sp³-hybridized carbons (Fsp3) is 0.938. The first kappa shape index (κ1) is 17.6. The molecule has 0 aromatic rings. The Kier molecular flexibility index (Phi) is 12.8. The number of carbonyl (C=O) groups is 1. The van der Waals surface area contributed by atoms with Crippen LogP contribution in [0, 0.1) is 0 Å². The van der Waals surface area contributed by atoms with E-state index in [1.54, 1.807) is 6.92 Å². The van der Waals surface area contributed by atoms with Crippen LogP contribution in [0.5, 0.6) is 0 Å². The van der Waals surface area contributed by atoms with Crippen molar-refractivity contribution in [3.63, 3.8) is 0 Å². The quantitative estimate of drug-likeness (QED) is 0.487. The molecular weight excluding hydrogens is 224 g/mol. The van der Waals surface area contributed by atoms with Gasteiger partial charge in [-0.05, 0) is 13.3 Å². The van der Waals surface area contributed by atoms with E-state index in [0.717, 1.165) is 12.8 Å². The SMILES string of the molecule is CCCCCCCCCCCCCC(=O)[C@@H](C)O. The van der Waals surface area contributed by atoms with E-state index in [1.807, 2.05) is 0 Å². The second kappa shape index (κ2) is 13.1. The Morgan fingerprint density at radius 2 is 1.22 bits per heavy atom. The number of aliphatic hydroxyl groups excluding tert-OH is 1. The van der Waals surface area contributed by atoms with Crippen molar-refractivity contribution in [2.45, 2.75) is 97.0 Å². The molecule has 0 fully saturated rings. The fourth-order valence-electron chi connectivity index (χ4n) is 2.17. The smallest absolute Gasteiger partial charge is 0.160 e. The van der Waals surface area contributed by atoms with E-state index in [0.29, 0.717) is 6.42 Å². The van der Waals surface area contributed by atoms with Crippen LogP contribution in [0.2, 0.25) is 0 Å². The zero-order valence-corrected chi connectivity index (χ0v) is 12.4. The van der Waals surface area contributed by atoms with Crippen molar-refractivity contribution in [1.29, 1.82) is 0 Å². The normalized spacial score (nSPS) is 12.6. The summed E-state index contributed by atoms with van der Waals surface area (Å²) in [5.41, 5.74) is 0. The minimum atomic E-state index is -0.770. The number of carbonyl (C=O) groups excluding carboxylic acids is 1. The van der Waals surface area contributed by atoms with Gasteiger partial charge in [-0.1, -0.05) is 71.1 Å². The lowest BCUT2D eigenvalue weighted by molar-refractivity contribution is -0.126. The van der Waals surface area contributed by atoms with Crippen molar-refractivity contribution in [3.05, 3.63) is 0 Å². The molecule has 1 atom stereocenters. The summed E-state index contributed by atoms with van der Waals surface area (Å²) in [6.45, 7) is 3.81. The number of ketones is 1. The Balaban J connectivity index is 3.05. The summed E-state index contributed by atoms with van der Waals surface area (Å²) in [4.78, 5) is 11.2. The molecule has 108 valence electrons. The molecule has 0 aliphatic rings. The standard InChI is InChI=1S/C16H32O2/c1-3-4-5-6-7-8-9-10-11-12-13-14-16(18)15(2)17/h15,17H,3-14H2,1-2H3/t15-/m1/s1. The summed E-state index contributed by atoms with van der Waals surface area (Å²) >= 11 is 0. The third-order valence-electron chi connectivity index (χ3n) is 3.49. The third kappa shape index (κ3) is 12.1. The molecule has 2 heteroatoms. The molecule has 0 amide bonds. The number of hydrogen-bond donors (Lipinski definition) is 1. The van der Waals surface area contributed by atoms with Gasteiger partial charge < -0.3 is 5.11 Å². The minimum Gasteiger partial charge on any atom is -0.386 e. The van der Waals surface area contributed by atoms with Crippen molar-refractivity contribution in [1.82, 2.24) is 0 Å². The van der Waals surface area contributed by atoms with E-state index in [4.69, 9.17) is 5.11 Å². The molecule has 0 spiro atoms. The summed E-state index contributed by atoms with van der Waals surface area (Å²) in [7, 11) is 0. The average molecular weight is 256 g/mol. The summed E-state index contributed by atoms with van der Waals surface area (Å²) in [6, 6.07) is 0. The highest BCUT2D eigenvalue weighted by Crippen LogP contribution is 2.12. The molecule has 0 bridgehead atoms. The molecule has 2 nitrogen and oxygen atoms in total. The van der Waals surface area contributed by atoms with E-state index in [2.05, 4.69) is 6.92 Å². The highest BCUT2D eigenvalue weighted by molar-refractivity contribution is 5.82. The molecule has 0 heterocycles. The van der Waals surface area contributed by atoms with Gasteiger partial charge in [-0.25, -0.2) is 0 Å². The third-order valence-corrected chi connectivity index (χ3v) is 3.49. The van der Waals surface area contributed by atoms with Gasteiger partial charge in [0, 0.05) is 6.42 Å². The minimum absolute atomic E-state index is 0.00840. The fourth-order valence-corrected chi connectivity index (χ4v) is 2.17. The molecular formula is C16H32O2. The maximum Gasteiger partial charge on any atom is 0.160 e. The van der Waals surface area contributed by atoms with E-state index in [1.165, 1.54) is 57.8 Å². The van der Waals surface area contributed by atoms with Crippen molar-refractivity contribution >= 4 is 5.78 Å². The summed E-state index contributed by atoms with van der Waals surface area (Å²) in [6.07, 6.45) is 14.0. The van der Waals surface area contributed by atoms with Gasteiger partial charge in [-0.2, -0.15) is 0 Å². The van der Waals surface area contributed by atoms with Gasteiger partial charge in [0.25, 0.3) is 0 Å². The molecule has 0 saturated heterocycles. The maximum absolute atomic E-state index is 11.2. The lowest BCUT2D eigenvalue weighted by atomic mass is 10.0. The van der Waals surface area contributed by atoms with Gasteiger partial charge in [-0.15, -0.1) is 0 Å². The number of hydrogen-bond acceptors (Lipinski definition) is 2. The van der Waals surface area contributed by atoms with Crippen molar-refractivity contribution < 1.29 is 9.90 Å². The number of Topliss-reactive ketones (excluding diaryl/α,β-unsaturated/α-hetero) is 1. The van der Waals surface area contributed by atoms with Gasteiger partial charge in [0.1, 0.15) is 6.10 Å². The van der Waals surface area contributed by atoms with Gasteiger partial charge in [0.05, 0.1) is 0 Å². The Labute approximate surface area is 113 Å². The first-order valence-corrected chi connectivity index (χ1v) is 7.89. The molecule has 0 rings (SSSR count). The zero-order valence-electron chi connectivity index (χ0n) is 12.4. The number of rotatable bonds is 13. The van der Waals surface area contributed by atoms with Crippen molar-refractivity contribution in [2.24, 2.45) is 0 Å². The second-order valence-corrected chi connectivity index (χ2v) is 5.43. The molecule has 0 aromatic carbocycles. The van der Waals surface area contributed by atoms with Crippen LogP contribution in [0.25, 0.3) is 0 Å². The van der Waals surface area contributed by atoms with Crippen LogP contribution in [0.3, 0.4) is 0 Å². The average Bonchev–Trinajstić information content (AvgIpc) is 2.35. The van der Waals surface area contributed by atoms with Gasteiger partial charge in [0.2, 0.25) is 0 Å². The van der Waals surface area contributed by atoms with Gasteiger partial charge >= 0.3 is 0 Å². The predicted molar refractivity (Wildman–Crippen MR) is 77.8 cm³/mol. The molecule has 0 saturated carbocycles. The molecule has 0 aliphatic carbocycles. The summed E-state index contributed by atoms with van der Waals surface area (Å²) in [5, 5.41) is 9.03. The van der Waals surface area contributed by atoms with Crippen LogP contribution in [0.1, 0.15) is 90.9 Å². The number of unbranched alkanes of at least 4 members (excludes halogenated alkanes) is 10. The second-order valence-electron chi connectivity index (χ2n) is 5.43. The lowest BCUT2D eigenvalue weighted by Gasteiger charge is -2.04. The molecule has 0 unspecified atom stereocenters. The Morgan fingerprint density at radius 3 is 1.61 bits per heavy atom. The Morgan fingerprint density at radius 1 is 0.833 bits per heavy atom. The molecule has 0 aliphatic heterocycles. The molecule has 0 aromatic heterocycles. The number of aliphatic hydroxyl groups is 1. The Bertz CT molecular complexity index is 188. The van der Waals surface area contributed by atoms with E-state index < -0.39 is 6.10 Å². The highest BCUT2D eigenvalue weighted by Gasteiger charge is 2.07. The van der Waals surface area contributed by atoms with E-state index >= 15 is 0 Å². The van der Waals surface area contributed by atoms with Gasteiger partial charge in [-0.3, -0.25) is 4.79 Å². The highest BCUT2D eigenvalue weighted by atomic mass is 16.3. The van der Waals surface area contributed by atoms with Gasteiger partial charge in [0.15, 0.2) is 5.78 Å². The first-order valence-electron chi connectivity index (χ1n) is 7.89. The van der Waals surface area contributed by atoms with Crippen LogP contribution in [0.4, 0.5) is 0 Å². The van der Waals surface area contributed by atoms with Crippen molar-refractivity contribution in [2.75, 3.05) is 0 Å². The monoisotopic (exact) mass is 256 g/mol. The van der Waals surface area contributed by atoms with E-state index in [9.17, 15) is 4.79 Å². The van der Waals surface area contributed by atoms with Crippen molar-refractivity contribution in [3.8, 4) is 0 Å². The first-order chi connectivity index (χ1) is 8.68. The Hall–Kier alpha value is -0.370. The predicted octanol–water partition coefficient (Wildman–Crippen LogP) is 4.64. The maximum atomic E-state index is 11.2. The van der Waals surface area contributed by atoms with Crippen LogP contribution >= 0.6 is 0 Å². The summed E-state index contributed by atoms with van der Waals surface area (Å²) < 4.78 is 0. The molecule has 18 heavy (non-hydrogen) atoms. The topological polar surface area (TPSA) is 37.3 Å². The van der Waals surface area contributed by atoms with Crippen LogP contribution in [-0.4, -0.2) is 17.0 Å². The van der Waals surface area contributed by atoms with Crippen LogP contribution < -0.4 is 0 Å². The largest absolute Gasteiger partial charge is 0.386 e. The molecule has 1 N–H and O–H groups in total. The summed E-state index contributed by atoms with van der Waals surface area (Å²) in [5.74, 6) is -0.00840. The van der Waals surface area contributed by atoms with Crippen LogP contribution in [-0.2, 0) is 4.79 Å². The lowest BCUT2D eigenvalue weighted by Crippen LogP contribution is -2.15. The zero-order chi connectivity index (χ0) is 13.6. The van der Waals surface area contributed by atoms with E-state index in [-0.39, 0.29) is 5.78 Å². The molecule has 0 radical (unpaired) electrons.